The highest BCUT2D eigenvalue weighted by molar-refractivity contribution is 5.06. The van der Waals surface area contributed by atoms with Gasteiger partial charge in [-0.2, -0.15) is 0 Å². The van der Waals surface area contributed by atoms with Crippen LogP contribution in [0.3, 0.4) is 0 Å². The van der Waals surface area contributed by atoms with E-state index in [1.54, 1.807) is 17.1 Å². The van der Waals surface area contributed by atoms with Gasteiger partial charge in [-0.3, -0.25) is 0 Å². The van der Waals surface area contributed by atoms with Crippen LogP contribution in [-0.4, -0.2) is 69.2 Å². The maximum Gasteiger partial charge on any atom is 0.434 e. The summed E-state index contributed by atoms with van der Waals surface area (Å²) in [6, 6.07) is 0. The van der Waals surface area contributed by atoms with Crippen molar-refractivity contribution in [1.29, 1.82) is 0 Å². The zero-order valence-electron chi connectivity index (χ0n) is 14.2. The van der Waals surface area contributed by atoms with Crippen LogP contribution in [0.2, 0.25) is 0 Å². The Morgan fingerprint density at radius 3 is 2.58 bits per heavy atom. The Balaban J connectivity index is 1.59. The molecule has 0 amide bonds. The van der Waals surface area contributed by atoms with E-state index in [9.17, 15) is 14.5 Å². The zero-order valence-corrected chi connectivity index (χ0v) is 14.2. The number of halogens is 1. The molecular formula is C14H21FN6O5. The van der Waals surface area contributed by atoms with Crippen LogP contribution in [-0.2, 0) is 33.9 Å². The molecule has 0 aliphatic heterocycles. The van der Waals surface area contributed by atoms with Crippen molar-refractivity contribution < 1.29 is 23.5 Å². The van der Waals surface area contributed by atoms with E-state index in [0.717, 1.165) is 0 Å². The first-order valence-electron chi connectivity index (χ1n) is 8.04. The molecule has 0 radical (unpaired) electrons. The van der Waals surface area contributed by atoms with E-state index in [-0.39, 0.29) is 19.2 Å². The molecular weight excluding hydrogens is 351 g/mol. The molecule has 2 heterocycles. The van der Waals surface area contributed by atoms with Gasteiger partial charge in [0.25, 0.3) is 0 Å². The highest BCUT2D eigenvalue weighted by Gasteiger charge is 2.13. The van der Waals surface area contributed by atoms with Crippen molar-refractivity contribution in [2.24, 2.45) is 0 Å². The molecule has 0 fully saturated rings. The number of hydrogen-bond donors (Lipinski definition) is 0. The Morgan fingerprint density at radius 2 is 1.85 bits per heavy atom. The van der Waals surface area contributed by atoms with Crippen LogP contribution in [0.15, 0.2) is 18.6 Å². The fourth-order valence-corrected chi connectivity index (χ4v) is 2.04. The Hall–Kier alpha value is -2.44. The summed E-state index contributed by atoms with van der Waals surface area (Å²) in [7, 11) is 0. The van der Waals surface area contributed by atoms with Crippen LogP contribution in [0.25, 0.3) is 0 Å². The van der Waals surface area contributed by atoms with Gasteiger partial charge in [0, 0.05) is 0 Å². The summed E-state index contributed by atoms with van der Waals surface area (Å²) in [5.41, 5.74) is 0.649. The van der Waals surface area contributed by atoms with E-state index >= 15 is 0 Å². The van der Waals surface area contributed by atoms with Gasteiger partial charge in [-0.1, -0.05) is 10.2 Å². The first-order chi connectivity index (χ1) is 12.7. The summed E-state index contributed by atoms with van der Waals surface area (Å²) >= 11 is 0. The van der Waals surface area contributed by atoms with Crippen molar-refractivity contribution in [3.8, 4) is 0 Å². The normalized spacial score (nSPS) is 11.1. The summed E-state index contributed by atoms with van der Waals surface area (Å²) in [4.78, 5) is 13.9. The van der Waals surface area contributed by atoms with Gasteiger partial charge in [0.1, 0.15) is 24.8 Å². The van der Waals surface area contributed by atoms with Crippen molar-refractivity contribution in [3.05, 3.63) is 34.4 Å². The molecule has 2 aromatic rings. The second kappa shape index (κ2) is 11.2. The van der Waals surface area contributed by atoms with Crippen LogP contribution in [0.4, 0.5) is 10.3 Å². The van der Waals surface area contributed by atoms with Gasteiger partial charge in [-0.15, -0.1) is 5.10 Å². The van der Waals surface area contributed by atoms with Gasteiger partial charge in [0.2, 0.25) is 0 Å². The van der Waals surface area contributed by atoms with E-state index in [1.807, 2.05) is 0 Å². The topological polar surface area (TPSA) is 119 Å². The largest absolute Gasteiger partial charge is 0.434 e. The molecule has 12 heteroatoms. The van der Waals surface area contributed by atoms with E-state index in [4.69, 9.17) is 14.2 Å². The molecule has 2 aromatic heterocycles. The molecule has 0 spiro atoms. The average Bonchev–Trinajstić information content (AvgIpc) is 3.27. The molecule has 0 unspecified atom stereocenters. The maximum absolute atomic E-state index is 11.8. The molecule has 0 saturated heterocycles. The minimum Gasteiger partial charge on any atom is -0.390 e. The highest BCUT2D eigenvalue weighted by Crippen LogP contribution is 2.07. The third-order valence-corrected chi connectivity index (χ3v) is 3.23. The average molecular weight is 372 g/mol. The smallest absolute Gasteiger partial charge is 0.390 e. The highest BCUT2D eigenvalue weighted by atomic mass is 19.1. The Labute approximate surface area is 148 Å². The molecule has 0 bridgehead atoms. The van der Waals surface area contributed by atoms with E-state index in [2.05, 4.69) is 15.3 Å². The van der Waals surface area contributed by atoms with Crippen LogP contribution < -0.4 is 0 Å². The maximum atomic E-state index is 11.8. The van der Waals surface area contributed by atoms with Gasteiger partial charge in [0.05, 0.1) is 58.9 Å². The van der Waals surface area contributed by atoms with E-state index in [1.165, 1.54) is 10.8 Å². The summed E-state index contributed by atoms with van der Waals surface area (Å²) in [6.45, 7) is 2.19. The lowest BCUT2D eigenvalue weighted by atomic mass is 10.5. The molecule has 2 rings (SSSR count). The Morgan fingerprint density at radius 1 is 1.12 bits per heavy atom. The number of nitro groups is 1. The number of ether oxygens (including phenoxy) is 3. The summed E-state index contributed by atoms with van der Waals surface area (Å²) in [6.07, 6.45) is 4.64. The SMILES string of the molecule is O=[N+]([O-])c1nccn1CCn1cc(COCCOCCOCCF)nn1. The molecule has 0 aliphatic carbocycles. The number of aryl methyl sites for hydroxylation is 2. The number of alkyl halides is 1. The van der Waals surface area contributed by atoms with Gasteiger partial charge in [0.15, 0.2) is 0 Å². The minimum atomic E-state index is -0.532. The zero-order chi connectivity index (χ0) is 18.6. The molecule has 0 N–H and O–H groups in total. The second-order valence-electron chi connectivity index (χ2n) is 5.12. The van der Waals surface area contributed by atoms with Crippen LogP contribution in [0.5, 0.6) is 0 Å². The third-order valence-electron chi connectivity index (χ3n) is 3.23. The first-order valence-corrected chi connectivity index (χ1v) is 8.04. The molecule has 0 aromatic carbocycles. The van der Waals surface area contributed by atoms with Crippen molar-refractivity contribution in [2.75, 3.05) is 39.7 Å². The molecule has 0 saturated carbocycles. The summed E-state index contributed by atoms with van der Waals surface area (Å²) in [5, 5.41) is 18.7. The number of imidazole rings is 1. The molecule has 26 heavy (non-hydrogen) atoms. The predicted molar refractivity (Wildman–Crippen MR) is 86.2 cm³/mol. The lowest BCUT2D eigenvalue weighted by Crippen LogP contribution is -2.10. The second-order valence-corrected chi connectivity index (χ2v) is 5.12. The molecule has 11 nitrogen and oxygen atoms in total. The quantitative estimate of drug-likeness (QED) is 0.269. The number of nitrogens with zero attached hydrogens (tertiary/aromatic N) is 6. The first kappa shape index (κ1) is 19.9. The molecule has 0 aliphatic rings. The monoisotopic (exact) mass is 372 g/mol. The fraction of sp³-hybridized carbons (Fsp3) is 0.643. The lowest BCUT2D eigenvalue weighted by Gasteiger charge is -2.04. The minimum absolute atomic E-state index is 0.0870. The number of rotatable bonds is 14. The van der Waals surface area contributed by atoms with Crippen LogP contribution >= 0.6 is 0 Å². The van der Waals surface area contributed by atoms with Crippen molar-refractivity contribution in [1.82, 2.24) is 24.5 Å². The van der Waals surface area contributed by atoms with Gasteiger partial charge in [-0.05, 0) is 4.92 Å². The molecule has 144 valence electrons. The van der Waals surface area contributed by atoms with Crippen molar-refractivity contribution >= 4 is 5.95 Å². The number of hydrogen-bond acceptors (Lipinski definition) is 8. The van der Waals surface area contributed by atoms with E-state index < -0.39 is 11.6 Å². The lowest BCUT2D eigenvalue weighted by molar-refractivity contribution is -0.396. The van der Waals surface area contributed by atoms with Crippen LogP contribution in [0, 0.1) is 10.1 Å². The van der Waals surface area contributed by atoms with Crippen molar-refractivity contribution in [3.63, 3.8) is 0 Å². The summed E-state index contributed by atoms with van der Waals surface area (Å²) in [5.74, 6) is -0.205. The van der Waals surface area contributed by atoms with Crippen LogP contribution in [0.1, 0.15) is 5.69 Å². The van der Waals surface area contributed by atoms with Gasteiger partial charge < -0.3 is 24.3 Å². The Bertz CT molecular complexity index is 664. The van der Waals surface area contributed by atoms with Gasteiger partial charge >= 0.3 is 5.95 Å². The van der Waals surface area contributed by atoms with E-state index in [0.29, 0.717) is 45.2 Å². The predicted octanol–water partition coefficient (Wildman–Crippen LogP) is 0.602. The third kappa shape index (κ3) is 6.82. The van der Waals surface area contributed by atoms with Gasteiger partial charge in [-0.25, -0.2) is 13.6 Å². The number of aromatic nitrogens is 5. The molecule has 0 atom stereocenters. The standard InChI is InChI=1S/C14H21FN6O5/c15-1-6-24-7-8-25-9-10-26-12-13-11-20(18-17-13)5-4-19-3-2-16-14(19)21(22)23/h2-3,11H,1,4-10,12H2. The van der Waals surface area contributed by atoms with Crippen molar-refractivity contribution in [2.45, 2.75) is 19.7 Å². The fourth-order valence-electron chi connectivity index (χ4n) is 2.04. The summed E-state index contributed by atoms with van der Waals surface area (Å²) < 4.78 is 30.4. The Kier molecular flexibility index (Phi) is 8.59.